The van der Waals surface area contributed by atoms with Gasteiger partial charge in [0.1, 0.15) is 11.5 Å². The van der Waals surface area contributed by atoms with Gasteiger partial charge in [-0.2, -0.15) is 16.4 Å². The van der Waals surface area contributed by atoms with Crippen molar-refractivity contribution in [1.82, 2.24) is 9.78 Å². The maximum atomic E-state index is 6.25. The van der Waals surface area contributed by atoms with Crippen molar-refractivity contribution in [2.45, 2.75) is 13.8 Å². The predicted octanol–water partition coefficient (Wildman–Crippen LogP) is 4.01. The van der Waals surface area contributed by atoms with Crippen molar-refractivity contribution in [2.24, 2.45) is 7.05 Å². The second-order valence-electron chi connectivity index (χ2n) is 5.07. The smallest absolute Gasteiger partial charge is 0.129 e. The highest BCUT2D eigenvalue weighted by Crippen LogP contribution is 2.38. The lowest BCUT2D eigenvalue weighted by molar-refractivity contribution is 0.782. The monoisotopic (exact) mass is 283 g/mol. The molecule has 3 nitrogen and oxygen atoms in total. The molecule has 0 fully saturated rings. The van der Waals surface area contributed by atoms with Crippen LogP contribution in [0.15, 0.2) is 35.0 Å². The summed E-state index contributed by atoms with van der Waals surface area (Å²) in [4.78, 5) is 0. The van der Waals surface area contributed by atoms with Crippen LogP contribution in [0.3, 0.4) is 0 Å². The lowest BCUT2D eigenvalue weighted by atomic mass is 9.99. The van der Waals surface area contributed by atoms with Crippen LogP contribution in [0.5, 0.6) is 0 Å². The van der Waals surface area contributed by atoms with Gasteiger partial charge in [0.25, 0.3) is 0 Å². The summed E-state index contributed by atoms with van der Waals surface area (Å²) in [6, 6.07) is 8.39. The molecule has 20 heavy (non-hydrogen) atoms. The summed E-state index contributed by atoms with van der Waals surface area (Å²) in [5.74, 6) is 0.705. The van der Waals surface area contributed by atoms with Crippen molar-refractivity contribution in [3.8, 4) is 22.4 Å². The number of benzene rings is 1. The standard InChI is InChI=1S/C16H17N3S/c1-10-5-4-6-12(7-10)14-15(18-19(3)16(14)17)13-9-20-8-11(13)2/h4-9H,17H2,1-3H3. The van der Waals surface area contributed by atoms with Gasteiger partial charge >= 0.3 is 0 Å². The van der Waals surface area contributed by atoms with E-state index in [1.54, 1.807) is 16.0 Å². The zero-order chi connectivity index (χ0) is 14.3. The van der Waals surface area contributed by atoms with Crippen LogP contribution in [0, 0.1) is 13.8 Å². The zero-order valence-corrected chi connectivity index (χ0v) is 12.7. The van der Waals surface area contributed by atoms with Gasteiger partial charge in [0.2, 0.25) is 0 Å². The first-order valence-electron chi connectivity index (χ1n) is 6.50. The normalized spacial score (nSPS) is 10.9. The van der Waals surface area contributed by atoms with Gasteiger partial charge < -0.3 is 5.73 Å². The molecule has 2 N–H and O–H groups in total. The highest BCUT2D eigenvalue weighted by Gasteiger charge is 2.19. The molecule has 0 bridgehead atoms. The molecule has 0 aliphatic carbocycles. The highest BCUT2D eigenvalue weighted by atomic mass is 32.1. The molecule has 0 amide bonds. The van der Waals surface area contributed by atoms with Crippen LogP contribution in [0.2, 0.25) is 0 Å². The molecule has 102 valence electrons. The number of aryl methyl sites for hydroxylation is 3. The van der Waals surface area contributed by atoms with E-state index in [1.165, 1.54) is 16.7 Å². The van der Waals surface area contributed by atoms with E-state index in [1.807, 2.05) is 7.05 Å². The van der Waals surface area contributed by atoms with Crippen LogP contribution in [-0.4, -0.2) is 9.78 Å². The van der Waals surface area contributed by atoms with Crippen LogP contribution in [0.1, 0.15) is 11.1 Å². The third-order valence-corrected chi connectivity index (χ3v) is 4.37. The molecule has 0 aliphatic heterocycles. The van der Waals surface area contributed by atoms with E-state index in [2.05, 4.69) is 54.0 Å². The Kier molecular flexibility index (Phi) is 3.10. The van der Waals surface area contributed by atoms with Gasteiger partial charge in [-0.25, -0.2) is 0 Å². The second-order valence-corrected chi connectivity index (χ2v) is 5.81. The van der Waals surface area contributed by atoms with Crippen molar-refractivity contribution >= 4 is 17.2 Å². The van der Waals surface area contributed by atoms with Gasteiger partial charge in [0, 0.05) is 18.0 Å². The summed E-state index contributed by atoms with van der Waals surface area (Å²) in [6.45, 7) is 4.20. The maximum Gasteiger partial charge on any atom is 0.129 e. The average molecular weight is 283 g/mol. The Bertz CT molecular complexity index is 768. The van der Waals surface area contributed by atoms with Crippen LogP contribution < -0.4 is 5.73 Å². The quantitative estimate of drug-likeness (QED) is 0.772. The number of thiophene rings is 1. The minimum atomic E-state index is 0.705. The van der Waals surface area contributed by atoms with E-state index >= 15 is 0 Å². The third-order valence-electron chi connectivity index (χ3n) is 3.51. The van der Waals surface area contributed by atoms with Crippen molar-refractivity contribution in [3.05, 3.63) is 46.2 Å². The number of aromatic nitrogens is 2. The van der Waals surface area contributed by atoms with Crippen LogP contribution in [-0.2, 0) is 7.05 Å². The number of hydrogen-bond acceptors (Lipinski definition) is 3. The molecule has 0 radical (unpaired) electrons. The Labute approximate surface area is 122 Å². The van der Waals surface area contributed by atoms with Crippen molar-refractivity contribution in [3.63, 3.8) is 0 Å². The lowest BCUT2D eigenvalue weighted by Gasteiger charge is -2.05. The molecule has 2 aromatic heterocycles. The summed E-state index contributed by atoms with van der Waals surface area (Å²) in [5.41, 5.74) is 13.0. The Balaban J connectivity index is 2.28. The van der Waals surface area contributed by atoms with Gasteiger partial charge in [-0.1, -0.05) is 29.8 Å². The third kappa shape index (κ3) is 2.02. The minimum absolute atomic E-state index is 0.705. The largest absolute Gasteiger partial charge is 0.383 e. The van der Waals surface area contributed by atoms with Crippen LogP contribution >= 0.6 is 11.3 Å². The molecular weight excluding hydrogens is 266 g/mol. The van der Waals surface area contributed by atoms with Gasteiger partial charge in [0.15, 0.2) is 0 Å². The number of nitrogens with zero attached hydrogens (tertiary/aromatic N) is 2. The molecule has 0 aliphatic rings. The van der Waals surface area contributed by atoms with Gasteiger partial charge in [-0.3, -0.25) is 4.68 Å². The summed E-state index contributed by atoms with van der Waals surface area (Å²) in [5, 5.41) is 8.89. The Morgan fingerprint density at radius 3 is 2.65 bits per heavy atom. The molecule has 3 aromatic rings. The number of rotatable bonds is 2. The molecule has 0 saturated heterocycles. The molecule has 0 unspecified atom stereocenters. The van der Waals surface area contributed by atoms with Crippen molar-refractivity contribution in [1.29, 1.82) is 0 Å². The summed E-state index contributed by atoms with van der Waals surface area (Å²) in [6.07, 6.45) is 0. The highest BCUT2D eigenvalue weighted by molar-refractivity contribution is 7.08. The van der Waals surface area contributed by atoms with Gasteiger partial charge in [0.05, 0.1) is 5.56 Å². The maximum absolute atomic E-state index is 6.25. The molecular formula is C16H17N3S. The Morgan fingerprint density at radius 2 is 2.00 bits per heavy atom. The van der Waals surface area contributed by atoms with E-state index in [-0.39, 0.29) is 0 Å². The predicted molar refractivity (Wildman–Crippen MR) is 85.8 cm³/mol. The Hall–Kier alpha value is -2.07. The van der Waals surface area contributed by atoms with Crippen LogP contribution in [0.25, 0.3) is 22.4 Å². The number of nitrogen functional groups attached to an aromatic ring is 1. The average Bonchev–Trinajstić information content (AvgIpc) is 2.94. The number of hydrogen-bond donors (Lipinski definition) is 1. The van der Waals surface area contributed by atoms with Crippen LogP contribution in [0.4, 0.5) is 5.82 Å². The topological polar surface area (TPSA) is 43.8 Å². The molecule has 0 saturated carbocycles. The summed E-state index contributed by atoms with van der Waals surface area (Å²) in [7, 11) is 1.89. The van der Waals surface area contributed by atoms with Crippen molar-refractivity contribution in [2.75, 3.05) is 5.73 Å². The fourth-order valence-electron chi connectivity index (χ4n) is 2.41. The molecule has 1 aromatic carbocycles. The van der Waals surface area contributed by atoms with E-state index < -0.39 is 0 Å². The molecule has 2 heterocycles. The fourth-order valence-corrected chi connectivity index (χ4v) is 3.25. The minimum Gasteiger partial charge on any atom is -0.383 e. The first-order chi connectivity index (χ1) is 9.58. The number of anilines is 1. The lowest BCUT2D eigenvalue weighted by Crippen LogP contribution is -1.98. The molecule has 3 rings (SSSR count). The zero-order valence-electron chi connectivity index (χ0n) is 11.8. The summed E-state index contributed by atoms with van der Waals surface area (Å²) < 4.78 is 1.75. The summed E-state index contributed by atoms with van der Waals surface area (Å²) >= 11 is 1.69. The van der Waals surface area contributed by atoms with Gasteiger partial charge in [-0.15, -0.1) is 0 Å². The SMILES string of the molecule is Cc1cccc(-c2c(-c3cscc3C)nn(C)c2N)c1. The van der Waals surface area contributed by atoms with E-state index in [4.69, 9.17) is 5.73 Å². The van der Waals surface area contributed by atoms with E-state index in [9.17, 15) is 0 Å². The van der Waals surface area contributed by atoms with Crippen molar-refractivity contribution < 1.29 is 0 Å². The van der Waals surface area contributed by atoms with E-state index in [0.717, 1.165) is 16.8 Å². The molecule has 0 atom stereocenters. The number of nitrogens with two attached hydrogens (primary N) is 1. The van der Waals surface area contributed by atoms with E-state index in [0.29, 0.717) is 5.82 Å². The second kappa shape index (κ2) is 4.80. The molecule has 0 spiro atoms. The fraction of sp³-hybridized carbons (Fsp3) is 0.188. The molecule has 4 heteroatoms. The first kappa shape index (κ1) is 12.9. The first-order valence-corrected chi connectivity index (χ1v) is 7.45. The van der Waals surface area contributed by atoms with Gasteiger partial charge in [-0.05, 0) is 30.4 Å². The Morgan fingerprint density at radius 1 is 1.20 bits per heavy atom.